The van der Waals surface area contributed by atoms with Gasteiger partial charge < -0.3 is 24.1 Å². The first kappa shape index (κ1) is 18.8. The summed E-state index contributed by atoms with van der Waals surface area (Å²) in [5.74, 6) is 1.11. The summed E-state index contributed by atoms with van der Waals surface area (Å²) in [6.45, 7) is 0.988. The number of quaternary nitrogens is 1. The normalized spacial score (nSPS) is 11.0. The van der Waals surface area contributed by atoms with E-state index in [9.17, 15) is 4.79 Å². The van der Waals surface area contributed by atoms with Gasteiger partial charge in [0.05, 0.1) is 34.9 Å². The number of hydrogen-bond acceptors (Lipinski definition) is 4. The van der Waals surface area contributed by atoms with Crippen LogP contribution < -0.4 is 19.1 Å². The molecule has 2 aromatic carbocycles. The van der Waals surface area contributed by atoms with Gasteiger partial charge in [0.2, 0.25) is 0 Å². The van der Waals surface area contributed by atoms with Gasteiger partial charge in [-0.1, -0.05) is 6.07 Å². The van der Waals surface area contributed by atoms with Crippen LogP contribution in [0.3, 0.4) is 0 Å². The molecule has 0 radical (unpaired) electrons. The number of aromatic nitrogens is 1. The van der Waals surface area contributed by atoms with Crippen molar-refractivity contribution in [3.8, 4) is 17.2 Å². The molecule has 6 heteroatoms. The molecule has 0 unspecified atom stereocenters. The predicted octanol–water partition coefficient (Wildman–Crippen LogP) is 2.09. The topological polar surface area (TPSA) is 65.0 Å². The van der Waals surface area contributed by atoms with Gasteiger partial charge in [0.15, 0.2) is 0 Å². The number of rotatable bonds is 7. The summed E-state index contributed by atoms with van der Waals surface area (Å²) in [6.07, 6.45) is 2.88. The van der Waals surface area contributed by atoms with E-state index in [4.69, 9.17) is 14.2 Å². The van der Waals surface area contributed by atoms with Gasteiger partial charge in [0.25, 0.3) is 0 Å². The monoisotopic (exact) mass is 369 g/mol. The van der Waals surface area contributed by atoms with Crippen molar-refractivity contribution in [2.75, 3.05) is 34.9 Å². The first-order valence-electron chi connectivity index (χ1n) is 8.85. The minimum Gasteiger partial charge on any atom is -0.497 e. The minimum atomic E-state index is -0.465. The molecule has 0 saturated heterocycles. The molecule has 0 spiro atoms. The molecular weight excluding hydrogens is 344 g/mol. The van der Waals surface area contributed by atoms with E-state index in [1.807, 2.05) is 24.4 Å². The van der Waals surface area contributed by atoms with Crippen LogP contribution in [-0.4, -0.2) is 45.8 Å². The Morgan fingerprint density at radius 3 is 2.59 bits per heavy atom. The Morgan fingerprint density at radius 1 is 1.07 bits per heavy atom. The van der Waals surface area contributed by atoms with Gasteiger partial charge in [-0.25, -0.2) is 4.79 Å². The summed E-state index contributed by atoms with van der Waals surface area (Å²) in [5, 5.41) is 0.944. The maximum Gasteiger partial charge on any atom is 0.347 e. The van der Waals surface area contributed by atoms with E-state index in [1.54, 1.807) is 25.3 Å². The van der Waals surface area contributed by atoms with Crippen molar-refractivity contribution in [1.82, 2.24) is 4.98 Å². The molecule has 0 aliphatic carbocycles. The van der Waals surface area contributed by atoms with Crippen molar-refractivity contribution < 1.29 is 23.9 Å². The number of benzene rings is 2. The number of ether oxygens (including phenoxy) is 3. The number of likely N-dealkylation sites (N-methyl/N-ethyl adjacent to an activating group) is 1. The summed E-state index contributed by atoms with van der Waals surface area (Å²) in [6, 6.07) is 10.7. The van der Waals surface area contributed by atoms with E-state index < -0.39 is 5.97 Å². The second kappa shape index (κ2) is 8.14. The van der Waals surface area contributed by atoms with Crippen LogP contribution in [0.1, 0.15) is 15.9 Å². The Morgan fingerprint density at radius 2 is 1.89 bits per heavy atom. The lowest BCUT2D eigenvalue weighted by atomic mass is 10.1. The van der Waals surface area contributed by atoms with Crippen molar-refractivity contribution in [2.24, 2.45) is 0 Å². The van der Waals surface area contributed by atoms with E-state index >= 15 is 0 Å². The molecule has 2 N–H and O–H groups in total. The highest BCUT2D eigenvalue weighted by Crippen LogP contribution is 2.31. The lowest BCUT2D eigenvalue weighted by molar-refractivity contribution is -0.858. The van der Waals surface area contributed by atoms with Crippen molar-refractivity contribution in [2.45, 2.75) is 6.42 Å². The number of aromatic amines is 1. The molecule has 0 amide bonds. The number of carbonyl (C=O) groups excluding carboxylic acids is 1. The Labute approximate surface area is 158 Å². The molecule has 1 aromatic heterocycles. The fourth-order valence-corrected chi connectivity index (χ4v) is 3.01. The van der Waals surface area contributed by atoms with Crippen molar-refractivity contribution >= 4 is 16.9 Å². The van der Waals surface area contributed by atoms with E-state index in [1.165, 1.54) is 12.0 Å². The molecular formula is C21H25N2O4+. The average Bonchev–Trinajstić information content (AvgIpc) is 3.10. The number of H-pyrrole nitrogens is 1. The molecule has 6 nitrogen and oxygen atoms in total. The highest BCUT2D eigenvalue weighted by atomic mass is 16.5. The van der Waals surface area contributed by atoms with E-state index in [0.717, 1.165) is 29.4 Å². The SMILES string of the molecule is COc1ccc(C(=O)Oc2cccc3[nH]cc(CC[NH+](C)C)c23)c(OC)c1. The fourth-order valence-electron chi connectivity index (χ4n) is 3.01. The van der Waals surface area contributed by atoms with Gasteiger partial charge in [-0.05, 0) is 29.8 Å². The molecule has 0 saturated carbocycles. The van der Waals surface area contributed by atoms with Gasteiger partial charge in [0, 0.05) is 29.6 Å². The van der Waals surface area contributed by atoms with Gasteiger partial charge in [0.1, 0.15) is 22.8 Å². The van der Waals surface area contributed by atoms with Crippen LogP contribution in [0.5, 0.6) is 17.2 Å². The zero-order valence-corrected chi connectivity index (χ0v) is 16.1. The lowest BCUT2D eigenvalue weighted by Gasteiger charge is -2.12. The molecule has 0 aliphatic heterocycles. The van der Waals surface area contributed by atoms with Crippen LogP contribution in [0.15, 0.2) is 42.6 Å². The molecule has 0 atom stereocenters. The lowest BCUT2D eigenvalue weighted by Crippen LogP contribution is -3.05. The highest BCUT2D eigenvalue weighted by molar-refractivity contribution is 5.97. The summed E-state index contributed by atoms with van der Waals surface area (Å²) in [4.78, 5) is 17.4. The Bertz CT molecular complexity index is 947. The van der Waals surface area contributed by atoms with Crippen molar-refractivity contribution in [3.05, 3.63) is 53.7 Å². The fraction of sp³-hybridized carbons (Fsp3) is 0.286. The quantitative estimate of drug-likeness (QED) is 0.494. The first-order valence-corrected chi connectivity index (χ1v) is 8.85. The molecule has 0 bridgehead atoms. The number of carbonyl (C=O) groups is 1. The Kier molecular flexibility index (Phi) is 5.66. The summed E-state index contributed by atoms with van der Waals surface area (Å²) < 4.78 is 16.2. The van der Waals surface area contributed by atoms with Crippen LogP contribution in [0, 0.1) is 0 Å². The second-order valence-electron chi connectivity index (χ2n) is 6.66. The van der Waals surface area contributed by atoms with E-state index in [2.05, 4.69) is 19.1 Å². The standard InChI is InChI=1S/C21H24N2O4/c1-23(2)11-10-14-13-22-17-6-5-7-18(20(14)17)27-21(24)16-9-8-15(25-3)12-19(16)26-4/h5-9,12-13,22H,10-11H2,1-4H3/p+1. The van der Waals surface area contributed by atoms with Gasteiger partial charge in [-0.15, -0.1) is 0 Å². The molecule has 3 aromatic rings. The van der Waals surface area contributed by atoms with E-state index in [-0.39, 0.29) is 0 Å². The first-order chi connectivity index (χ1) is 13.0. The van der Waals surface area contributed by atoms with Crippen LogP contribution in [0.4, 0.5) is 0 Å². The highest BCUT2D eigenvalue weighted by Gasteiger charge is 2.18. The predicted molar refractivity (Wildman–Crippen MR) is 104 cm³/mol. The van der Waals surface area contributed by atoms with Crippen molar-refractivity contribution in [1.29, 1.82) is 0 Å². The molecule has 0 aliphatic rings. The molecule has 27 heavy (non-hydrogen) atoms. The average molecular weight is 369 g/mol. The summed E-state index contributed by atoms with van der Waals surface area (Å²) in [5.41, 5.74) is 2.44. The third kappa shape index (κ3) is 4.06. The number of nitrogens with one attached hydrogen (secondary N) is 2. The molecule has 142 valence electrons. The van der Waals surface area contributed by atoms with Crippen LogP contribution in [-0.2, 0) is 6.42 Å². The molecule has 3 rings (SSSR count). The minimum absolute atomic E-state index is 0.352. The molecule has 1 heterocycles. The maximum atomic E-state index is 12.8. The number of esters is 1. The zero-order valence-electron chi connectivity index (χ0n) is 16.1. The number of fused-ring (bicyclic) bond motifs is 1. The van der Waals surface area contributed by atoms with Gasteiger partial charge in [-0.2, -0.15) is 0 Å². The van der Waals surface area contributed by atoms with Crippen LogP contribution in [0.25, 0.3) is 10.9 Å². The zero-order chi connectivity index (χ0) is 19.4. The third-order valence-electron chi connectivity index (χ3n) is 4.47. The van der Waals surface area contributed by atoms with Crippen LogP contribution in [0.2, 0.25) is 0 Å². The van der Waals surface area contributed by atoms with Crippen LogP contribution >= 0.6 is 0 Å². The van der Waals surface area contributed by atoms with Crippen molar-refractivity contribution in [3.63, 3.8) is 0 Å². The maximum absolute atomic E-state index is 12.8. The number of methoxy groups -OCH3 is 2. The Balaban J connectivity index is 1.92. The summed E-state index contributed by atoms with van der Waals surface area (Å²) >= 11 is 0. The molecule has 0 fully saturated rings. The smallest absolute Gasteiger partial charge is 0.347 e. The van der Waals surface area contributed by atoms with E-state index in [0.29, 0.717) is 22.8 Å². The second-order valence-corrected chi connectivity index (χ2v) is 6.66. The van der Waals surface area contributed by atoms with Gasteiger partial charge >= 0.3 is 5.97 Å². The summed E-state index contributed by atoms with van der Waals surface area (Å²) in [7, 11) is 7.31. The van der Waals surface area contributed by atoms with Gasteiger partial charge in [-0.3, -0.25) is 0 Å². The number of hydrogen-bond donors (Lipinski definition) is 2. The third-order valence-corrected chi connectivity index (χ3v) is 4.47. The Hall–Kier alpha value is -2.99. The largest absolute Gasteiger partial charge is 0.497 e.